The number of aryl methyl sites for hydroxylation is 1. The van der Waals surface area contributed by atoms with Crippen molar-refractivity contribution in [3.05, 3.63) is 50.2 Å². The van der Waals surface area contributed by atoms with Crippen LogP contribution in [0.2, 0.25) is 5.02 Å². The first-order valence-electron chi connectivity index (χ1n) is 11.1. The molecule has 0 bridgehead atoms. The zero-order valence-electron chi connectivity index (χ0n) is 18.9. The van der Waals surface area contributed by atoms with Gasteiger partial charge in [-0.3, -0.25) is 19.5 Å². The minimum atomic E-state index is -0.134. The maximum absolute atomic E-state index is 12.1. The molecule has 1 saturated heterocycles. The third-order valence-electron chi connectivity index (χ3n) is 6.18. The number of benzene rings is 1. The van der Waals surface area contributed by atoms with Crippen molar-refractivity contribution in [2.24, 2.45) is 10.7 Å². The van der Waals surface area contributed by atoms with Gasteiger partial charge in [-0.2, -0.15) is 0 Å². The van der Waals surface area contributed by atoms with Gasteiger partial charge in [-0.15, -0.1) is 11.3 Å². The molecule has 2 aromatic rings. The van der Waals surface area contributed by atoms with Crippen molar-refractivity contribution >= 4 is 52.7 Å². The van der Waals surface area contributed by atoms with Gasteiger partial charge in [-0.1, -0.05) is 17.7 Å². The summed E-state index contributed by atoms with van der Waals surface area (Å²) in [6, 6.07) is 5.87. The fourth-order valence-electron chi connectivity index (χ4n) is 4.52. The van der Waals surface area contributed by atoms with Crippen LogP contribution in [0.1, 0.15) is 59.9 Å². The van der Waals surface area contributed by atoms with Crippen LogP contribution in [-0.4, -0.2) is 35.6 Å². The lowest BCUT2D eigenvalue weighted by Crippen LogP contribution is -2.27. The number of carbonyl (C=O) groups excluding carboxylic acids is 2. The van der Waals surface area contributed by atoms with Crippen LogP contribution in [0.4, 0.5) is 5.69 Å². The molecule has 4 rings (SSSR count). The summed E-state index contributed by atoms with van der Waals surface area (Å²) in [5.41, 5.74) is 9.57. The average Bonchev–Trinajstić information content (AvgIpc) is 3.46. The Balaban J connectivity index is 1.72. The number of allylic oxidation sites excluding steroid dienone is 1. The van der Waals surface area contributed by atoms with Crippen LogP contribution in [0.3, 0.4) is 0 Å². The van der Waals surface area contributed by atoms with Crippen LogP contribution in [-0.2, 0) is 16.1 Å². The molecule has 2 N–H and O–H groups in total. The minimum Gasteiger partial charge on any atom is -0.489 e. The molecular formula is C25H28ClN3O3S. The van der Waals surface area contributed by atoms with Crippen molar-refractivity contribution in [3.8, 4) is 5.75 Å². The summed E-state index contributed by atoms with van der Waals surface area (Å²) in [5, 5.41) is 0.621. The first-order chi connectivity index (χ1) is 15.8. The largest absolute Gasteiger partial charge is 0.489 e. The van der Waals surface area contributed by atoms with Crippen molar-refractivity contribution in [2.45, 2.75) is 64.6 Å². The molecule has 0 radical (unpaired) electrons. The van der Waals surface area contributed by atoms with Gasteiger partial charge in [0.25, 0.3) is 0 Å². The van der Waals surface area contributed by atoms with E-state index in [1.807, 2.05) is 38.1 Å². The van der Waals surface area contributed by atoms with E-state index in [0.717, 1.165) is 51.5 Å². The molecule has 174 valence electrons. The average molecular weight is 486 g/mol. The monoisotopic (exact) mass is 485 g/mol. The van der Waals surface area contributed by atoms with Crippen molar-refractivity contribution in [2.75, 3.05) is 0 Å². The van der Waals surface area contributed by atoms with E-state index in [2.05, 4.69) is 11.7 Å². The van der Waals surface area contributed by atoms with E-state index in [-0.39, 0.29) is 43.3 Å². The highest BCUT2D eigenvalue weighted by Crippen LogP contribution is 2.44. The summed E-state index contributed by atoms with van der Waals surface area (Å²) in [6.07, 6.45) is 5.33. The molecular weight excluding hydrogens is 458 g/mol. The van der Waals surface area contributed by atoms with E-state index < -0.39 is 0 Å². The molecule has 1 aromatic carbocycles. The van der Waals surface area contributed by atoms with Gasteiger partial charge in [0, 0.05) is 39.9 Å². The van der Waals surface area contributed by atoms with Crippen LogP contribution in [0.15, 0.2) is 29.3 Å². The molecule has 0 spiro atoms. The number of halogens is 1. The number of likely N-dealkylation sites (tertiary alicyclic amines) is 1. The van der Waals surface area contributed by atoms with E-state index in [4.69, 9.17) is 22.1 Å². The number of amides is 2. The second kappa shape index (κ2) is 9.79. The predicted molar refractivity (Wildman–Crippen MR) is 134 cm³/mol. The fourth-order valence-corrected chi connectivity index (χ4v) is 5.98. The Hall–Kier alpha value is -2.48. The standard InChI is InChI=1S/C25H28ClN3O3S/c1-4-19(20-10-15(26)9-14(2)24(20)32-17-6-5-16(27)11-17)25-21(28-3)12-18(33-25)13-29-22(30)7-8-23(29)31/h4,9-10,12,16-17H,3,5-8,11,13,27H2,1-2H3/b19-4-/t16-,17-/m0/s1. The van der Waals surface area contributed by atoms with E-state index in [9.17, 15) is 9.59 Å². The van der Waals surface area contributed by atoms with E-state index in [1.165, 1.54) is 16.2 Å². The summed E-state index contributed by atoms with van der Waals surface area (Å²) in [7, 11) is 0. The smallest absolute Gasteiger partial charge is 0.230 e. The first kappa shape index (κ1) is 23.7. The van der Waals surface area contributed by atoms with E-state index in [0.29, 0.717) is 10.7 Å². The molecule has 33 heavy (non-hydrogen) atoms. The fraction of sp³-hybridized carbons (Fsp3) is 0.400. The number of aliphatic imine (C=N–C) groups is 1. The molecule has 1 aliphatic heterocycles. The lowest BCUT2D eigenvalue weighted by molar-refractivity contribution is -0.138. The summed E-state index contributed by atoms with van der Waals surface area (Å²) in [4.78, 5) is 31.5. The zero-order chi connectivity index (χ0) is 23.7. The highest BCUT2D eigenvalue weighted by molar-refractivity contribution is 7.13. The molecule has 2 aliphatic rings. The van der Waals surface area contributed by atoms with Crippen LogP contribution in [0.25, 0.3) is 5.57 Å². The third kappa shape index (κ3) is 4.90. The topological polar surface area (TPSA) is 85.0 Å². The number of hydrogen-bond acceptors (Lipinski definition) is 6. The molecule has 1 aromatic heterocycles. The Bertz CT molecular complexity index is 1120. The quantitative estimate of drug-likeness (QED) is 0.420. The van der Waals surface area contributed by atoms with Gasteiger partial charge >= 0.3 is 0 Å². The Morgan fingerprint density at radius 1 is 1.30 bits per heavy atom. The van der Waals surface area contributed by atoms with Gasteiger partial charge in [0.15, 0.2) is 0 Å². The van der Waals surface area contributed by atoms with Crippen molar-refractivity contribution < 1.29 is 14.3 Å². The highest BCUT2D eigenvalue weighted by atomic mass is 35.5. The Labute approximate surface area is 203 Å². The molecule has 6 nitrogen and oxygen atoms in total. The highest BCUT2D eigenvalue weighted by Gasteiger charge is 2.30. The lowest BCUT2D eigenvalue weighted by Gasteiger charge is -2.21. The molecule has 2 fully saturated rings. The van der Waals surface area contributed by atoms with Gasteiger partial charge < -0.3 is 10.5 Å². The van der Waals surface area contributed by atoms with Gasteiger partial charge in [0.1, 0.15) is 11.9 Å². The molecule has 1 aliphatic carbocycles. The van der Waals surface area contributed by atoms with E-state index in [1.54, 1.807) is 0 Å². The summed E-state index contributed by atoms with van der Waals surface area (Å²) in [5.74, 6) is 0.525. The van der Waals surface area contributed by atoms with Crippen LogP contribution in [0.5, 0.6) is 5.75 Å². The van der Waals surface area contributed by atoms with Crippen molar-refractivity contribution in [1.29, 1.82) is 0 Å². The Kier molecular flexibility index (Phi) is 7.02. The molecule has 2 amide bonds. The van der Waals surface area contributed by atoms with Crippen LogP contribution in [0, 0.1) is 6.92 Å². The van der Waals surface area contributed by atoms with Crippen molar-refractivity contribution in [3.63, 3.8) is 0 Å². The second-order valence-corrected chi connectivity index (χ2v) is 10.1. The molecule has 2 atom stereocenters. The number of nitrogens with two attached hydrogens (primary N) is 1. The third-order valence-corrected chi connectivity index (χ3v) is 7.54. The number of hydrogen-bond donors (Lipinski definition) is 1. The maximum atomic E-state index is 12.1. The number of imide groups is 1. The SMILES string of the molecule is C=Nc1cc(CN2C(=O)CCC2=O)sc1/C(=C\C)c1cc(Cl)cc(C)c1O[C@H]1CC[C@H](N)C1. The lowest BCUT2D eigenvalue weighted by atomic mass is 9.99. The summed E-state index contributed by atoms with van der Waals surface area (Å²) >= 11 is 7.96. The van der Waals surface area contributed by atoms with Gasteiger partial charge in [0.05, 0.1) is 17.1 Å². The Morgan fingerprint density at radius 3 is 2.64 bits per heavy atom. The zero-order valence-corrected chi connectivity index (χ0v) is 20.5. The van der Waals surface area contributed by atoms with Crippen LogP contribution >= 0.6 is 22.9 Å². The normalized spacial score (nSPS) is 21.2. The predicted octanol–water partition coefficient (Wildman–Crippen LogP) is 5.40. The Morgan fingerprint density at radius 2 is 2.03 bits per heavy atom. The number of ether oxygens (including phenoxy) is 1. The molecule has 2 heterocycles. The van der Waals surface area contributed by atoms with Gasteiger partial charge in [-0.25, -0.2) is 0 Å². The number of rotatable bonds is 7. The minimum absolute atomic E-state index is 0.0693. The number of thiophene rings is 1. The van der Waals surface area contributed by atoms with Crippen LogP contribution < -0.4 is 10.5 Å². The number of nitrogens with zero attached hydrogens (tertiary/aromatic N) is 2. The molecule has 0 unspecified atom stereocenters. The van der Waals surface area contributed by atoms with Gasteiger partial charge in [-0.05, 0) is 63.6 Å². The molecule has 8 heteroatoms. The second-order valence-electron chi connectivity index (χ2n) is 8.57. The first-order valence-corrected chi connectivity index (χ1v) is 12.3. The van der Waals surface area contributed by atoms with Crippen molar-refractivity contribution in [1.82, 2.24) is 4.90 Å². The molecule has 1 saturated carbocycles. The maximum Gasteiger partial charge on any atom is 0.230 e. The summed E-state index contributed by atoms with van der Waals surface area (Å²) < 4.78 is 6.46. The van der Waals surface area contributed by atoms with Gasteiger partial charge in [0.2, 0.25) is 11.8 Å². The van der Waals surface area contributed by atoms with E-state index >= 15 is 0 Å². The summed E-state index contributed by atoms with van der Waals surface area (Å²) in [6.45, 7) is 7.94. The number of carbonyl (C=O) groups is 2.